The number of aliphatic hydroxyl groups excluding tert-OH is 1. The number of hydrogen-bond acceptors (Lipinski definition) is 3. The van der Waals surface area contributed by atoms with Crippen LogP contribution in [0.1, 0.15) is 11.6 Å². The Morgan fingerprint density at radius 1 is 1.47 bits per heavy atom. The van der Waals surface area contributed by atoms with Gasteiger partial charge in [-0.15, -0.1) is 0 Å². The van der Waals surface area contributed by atoms with Gasteiger partial charge in [0, 0.05) is 10.6 Å². The topological polar surface area (TPSA) is 66.5 Å². The summed E-state index contributed by atoms with van der Waals surface area (Å²) in [6.45, 7) is -1.39. The molecule has 0 aliphatic carbocycles. The van der Waals surface area contributed by atoms with E-state index in [2.05, 4.69) is 0 Å². The van der Waals surface area contributed by atoms with Crippen molar-refractivity contribution in [1.29, 1.82) is 0 Å². The number of nitrogens with two attached hydrogens (primary N) is 1. The lowest BCUT2D eigenvalue weighted by Crippen LogP contribution is -2.36. The van der Waals surface area contributed by atoms with E-state index in [1.807, 2.05) is 0 Å². The second-order valence-electron chi connectivity index (χ2n) is 3.10. The summed E-state index contributed by atoms with van der Waals surface area (Å²) in [4.78, 5) is 0. The van der Waals surface area contributed by atoms with E-state index in [4.69, 9.17) is 22.4 Å². The van der Waals surface area contributed by atoms with Gasteiger partial charge in [0.15, 0.2) is 0 Å². The van der Waals surface area contributed by atoms with Crippen molar-refractivity contribution in [3.05, 3.63) is 28.8 Å². The van der Waals surface area contributed by atoms with E-state index in [9.17, 15) is 13.9 Å². The average molecular weight is 238 g/mol. The minimum atomic E-state index is -3.50. The molecule has 0 aliphatic rings. The van der Waals surface area contributed by atoms with Crippen LogP contribution in [0.5, 0.6) is 5.75 Å². The fraction of sp³-hybridized carbons (Fsp3) is 0.333. The largest absolute Gasteiger partial charge is 0.508 e. The zero-order valence-electron chi connectivity index (χ0n) is 7.62. The Morgan fingerprint density at radius 3 is 2.60 bits per heavy atom. The number of aliphatic hydroxyl groups is 1. The highest BCUT2D eigenvalue weighted by atomic mass is 35.5. The van der Waals surface area contributed by atoms with E-state index in [0.29, 0.717) is 0 Å². The summed E-state index contributed by atoms with van der Waals surface area (Å²) in [5.74, 6) is -3.87. The number of phenols is 1. The minimum absolute atomic E-state index is 0.187. The van der Waals surface area contributed by atoms with Crippen LogP contribution in [0.2, 0.25) is 5.02 Å². The first-order valence-corrected chi connectivity index (χ1v) is 4.49. The first kappa shape index (κ1) is 12.2. The number of halogens is 3. The van der Waals surface area contributed by atoms with Crippen molar-refractivity contribution in [2.75, 3.05) is 6.61 Å². The summed E-state index contributed by atoms with van der Waals surface area (Å²) in [5.41, 5.74) is 5.03. The second-order valence-corrected chi connectivity index (χ2v) is 3.54. The maximum absolute atomic E-state index is 13.0. The maximum Gasteiger partial charge on any atom is 0.289 e. The third kappa shape index (κ3) is 2.56. The van der Waals surface area contributed by atoms with Crippen molar-refractivity contribution in [2.45, 2.75) is 12.0 Å². The van der Waals surface area contributed by atoms with E-state index in [-0.39, 0.29) is 16.3 Å². The summed E-state index contributed by atoms with van der Waals surface area (Å²) in [5, 5.41) is 17.9. The summed E-state index contributed by atoms with van der Waals surface area (Å²) in [6.07, 6.45) is 0. The monoisotopic (exact) mass is 237 g/mol. The molecule has 0 bridgehead atoms. The Labute approximate surface area is 90.1 Å². The van der Waals surface area contributed by atoms with Crippen LogP contribution in [0.3, 0.4) is 0 Å². The molecule has 0 saturated carbocycles. The molecule has 1 aromatic carbocycles. The van der Waals surface area contributed by atoms with E-state index < -0.39 is 18.6 Å². The normalized spacial score (nSPS) is 13.9. The highest BCUT2D eigenvalue weighted by Crippen LogP contribution is 2.34. The predicted molar refractivity (Wildman–Crippen MR) is 52.1 cm³/mol. The summed E-state index contributed by atoms with van der Waals surface area (Å²) >= 11 is 5.58. The number of hydrogen-bond donors (Lipinski definition) is 3. The lowest BCUT2D eigenvalue weighted by Gasteiger charge is -2.22. The fourth-order valence-corrected chi connectivity index (χ4v) is 1.28. The summed E-state index contributed by atoms with van der Waals surface area (Å²) in [7, 11) is 0. The molecule has 15 heavy (non-hydrogen) atoms. The van der Waals surface area contributed by atoms with E-state index >= 15 is 0 Å². The van der Waals surface area contributed by atoms with E-state index in [1.54, 1.807) is 0 Å². The molecule has 0 unspecified atom stereocenters. The Kier molecular flexibility index (Phi) is 3.49. The van der Waals surface area contributed by atoms with Crippen LogP contribution < -0.4 is 5.73 Å². The molecule has 0 amide bonds. The maximum atomic E-state index is 13.0. The van der Waals surface area contributed by atoms with Crippen LogP contribution in [0.4, 0.5) is 8.78 Å². The molecule has 4 N–H and O–H groups in total. The van der Waals surface area contributed by atoms with Crippen molar-refractivity contribution in [2.24, 2.45) is 5.73 Å². The molecule has 0 heterocycles. The molecule has 1 rings (SSSR count). The van der Waals surface area contributed by atoms with E-state index in [1.165, 1.54) is 12.1 Å². The predicted octanol–water partition coefficient (Wildman–Crippen LogP) is 1.67. The van der Waals surface area contributed by atoms with Gasteiger partial charge in [-0.25, -0.2) is 8.78 Å². The molecule has 0 saturated heterocycles. The molecule has 0 fully saturated rings. The molecule has 0 aliphatic heterocycles. The molecule has 1 atom stereocenters. The number of aromatic hydroxyl groups is 1. The zero-order valence-corrected chi connectivity index (χ0v) is 8.38. The van der Waals surface area contributed by atoms with Crippen LogP contribution in [-0.2, 0) is 0 Å². The van der Waals surface area contributed by atoms with Gasteiger partial charge in [-0.1, -0.05) is 11.6 Å². The zero-order chi connectivity index (χ0) is 11.6. The highest BCUT2D eigenvalue weighted by Gasteiger charge is 2.38. The summed E-state index contributed by atoms with van der Waals surface area (Å²) in [6, 6.07) is 1.88. The second kappa shape index (κ2) is 4.30. The molecule has 6 heteroatoms. The lowest BCUT2D eigenvalue weighted by atomic mass is 10.0. The van der Waals surface area contributed by atoms with E-state index in [0.717, 1.165) is 6.07 Å². The van der Waals surface area contributed by atoms with Gasteiger partial charge in [-0.3, -0.25) is 0 Å². The molecule has 0 radical (unpaired) electrons. The molecule has 84 valence electrons. The molecular formula is C9H10ClF2NO2. The fourth-order valence-electron chi connectivity index (χ4n) is 1.10. The third-order valence-corrected chi connectivity index (χ3v) is 2.23. The number of benzene rings is 1. The smallest absolute Gasteiger partial charge is 0.289 e. The van der Waals surface area contributed by atoms with Crippen molar-refractivity contribution < 1.29 is 19.0 Å². The Hall–Kier alpha value is -0.910. The van der Waals surface area contributed by atoms with Crippen LogP contribution in [0.15, 0.2) is 18.2 Å². The molecule has 0 spiro atoms. The molecule has 1 aromatic rings. The SMILES string of the molecule is N[C@H](c1cc(Cl)ccc1O)C(F)(F)CO. The average Bonchev–Trinajstić information content (AvgIpc) is 2.20. The van der Waals surface area contributed by atoms with Crippen LogP contribution in [-0.4, -0.2) is 22.7 Å². The number of alkyl halides is 2. The molecule has 3 nitrogen and oxygen atoms in total. The summed E-state index contributed by atoms with van der Waals surface area (Å²) < 4.78 is 26.0. The standard InChI is InChI=1S/C9H10ClF2NO2/c10-5-1-2-7(15)6(3-5)8(13)9(11,12)4-14/h1-3,8,14-15H,4,13H2/t8-/m1/s1. The van der Waals surface area contributed by atoms with Crippen LogP contribution in [0.25, 0.3) is 0 Å². The van der Waals surface area contributed by atoms with Gasteiger partial charge in [0.25, 0.3) is 5.92 Å². The minimum Gasteiger partial charge on any atom is -0.508 e. The van der Waals surface area contributed by atoms with Crippen LogP contribution in [0, 0.1) is 0 Å². The highest BCUT2D eigenvalue weighted by molar-refractivity contribution is 6.30. The lowest BCUT2D eigenvalue weighted by molar-refractivity contribution is -0.0715. The quantitative estimate of drug-likeness (QED) is 0.749. The van der Waals surface area contributed by atoms with Gasteiger partial charge in [0.1, 0.15) is 18.4 Å². The van der Waals surface area contributed by atoms with Crippen molar-refractivity contribution in [3.63, 3.8) is 0 Å². The first-order chi connectivity index (χ1) is 6.88. The Bertz CT molecular complexity index is 360. The molecule has 0 aromatic heterocycles. The third-order valence-electron chi connectivity index (χ3n) is 1.99. The first-order valence-electron chi connectivity index (χ1n) is 4.11. The van der Waals surface area contributed by atoms with Gasteiger partial charge >= 0.3 is 0 Å². The number of phenolic OH excluding ortho intramolecular Hbond substituents is 1. The Morgan fingerprint density at radius 2 is 2.07 bits per heavy atom. The van der Waals surface area contributed by atoms with Gasteiger partial charge in [-0.05, 0) is 18.2 Å². The van der Waals surface area contributed by atoms with Crippen molar-refractivity contribution in [1.82, 2.24) is 0 Å². The van der Waals surface area contributed by atoms with Gasteiger partial charge < -0.3 is 15.9 Å². The van der Waals surface area contributed by atoms with Crippen LogP contribution >= 0.6 is 11.6 Å². The van der Waals surface area contributed by atoms with Crippen molar-refractivity contribution >= 4 is 11.6 Å². The molecular weight excluding hydrogens is 228 g/mol. The van der Waals surface area contributed by atoms with Gasteiger partial charge in [0.05, 0.1) is 0 Å². The number of rotatable bonds is 3. The van der Waals surface area contributed by atoms with Gasteiger partial charge in [0.2, 0.25) is 0 Å². The Balaban J connectivity index is 3.10. The van der Waals surface area contributed by atoms with Crippen molar-refractivity contribution in [3.8, 4) is 5.75 Å². The van der Waals surface area contributed by atoms with Gasteiger partial charge in [-0.2, -0.15) is 0 Å².